The molecule has 0 aliphatic carbocycles. The number of amides is 1. The van der Waals surface area contributed by atoms with Gasteiger partial charge in [-0.25, -0.2) is 0 Å². The van der Waals surface area contributed by atoms with Gasteiger partial charge in [-0.1, -0.05) is 37.6 Å². The van der Waals surface area contributed by atoms with Crippen molar-refractivity contribution in [2.24, 2.45) is 5.92 Å². The topological polar surface area (TPSA) is 41.1 Å². The van der Waals surface area contributed by atoms with E-state index < -0.39 is 0 Å². The Morgan fingerprint density at radius 2 is 1.94 bits per heavy atom. The number of rotatable bonds is 5. The van der Waals surface area contributed by atoms with Crippen molar-refractivity contribution in [3.05, 3.63) is 35.4 Å². The molecule has 92 valence electrons. The van der Waals surface area contributed by atoms with Gasteiger partial charge in [0, 0.05) is 19.6 Å². The average Bonchev–Trinajstić information content (AvgIpc) is 2.26. The molecule has 0 aromatic heterocycles. The lowest BCUT2D eigenvalue weighted by Gasteiger charge is -2.25. The van der Waals surface area contributed by atoms with E-state index in [1.165, 1.54) is 17.5 Å². The highest BCUT2D eigenvalue weighted by Crippen LogP contribution is 2.07. The first-order chi connectivity index (χ1) is 8.29. The van der Waals surface area contributed by atoms with Crippen molar-refractivity contribution in [3.63, 3.8) is 0 Å². The number of aryl methyl sites for hydroxylation is 1. The Hall–Kier alpha value is -1.35. The minimum Gasteiger partial charge on any atom is -0.352 e. The van der Waals surface area contributed by atoms with Gasteiger partial charge < -0.3 is 10.6 Å². The van der Waals surface area contributed by atoms with Crippen molar-refractivity contribution in [3.8, 4) is 0 Å². The van der Waals surface area contributed by atoms with Crippen LogP contribution in [0.25, 0.3) is 0 Å². The highest BCUT2D eigenvalue weighted by molar-refractivity contribution is 5.79. The summed E-state index contributed by atoms with van der Waals surface area (Å²) in [5, 5.41) is 6.07. The van der Waals surface area contributed by atoms with Crippen molar-refractivity contribution < 1.29 is 4.79 Å². The molecular formula is C14H20N2O. The van der Waals surface area contributed by atoms with Crippen LogP contribution in [-0.4, -0.2) is 19.0 Å². The summed E-state index contributed by atoms with van der Waals surface area (Å²) in [5.41, 5.74) is 2.54. The van der Waals surface area contributed by atoms with Gasteiger partial charge in [0.2, 0.25) is 5.91 Å². The zero-order chi connectivity index (χ0) is 12.1. The summed E-state index contributed by atoms with van der Waals surface area (Å²) in [6, 6.07) is 8.50. The maximum Gasteiger partial charge on any atom is 0.225 e. The third-order valence-electron chi connectivity index (χ3n) is 3.18. The largest absolute Gasteiger partial charge is 0.352 e. The molecule has 1 saturated heterocycles. The Balaban J connectivity index is 1.80. The monoisotopic (exact) mass is 232 g/mol. The van der Waals surface area contributed by atoms with Crippen LogP contribution in [-0.2, 0) is 17.8 Å². The predicted molar refractivity (Wildman–Crippen MR) is 68.6 cm³/mol. The van der Waals surface area contributed by atoms with E-state index in [0.29, 0.717) is 6.54 Å². The van der Waals surface area contributed by atoms with E-state index in [9.17, 15) is 4.79 Å². The smallest absolute Gasteiger partial charge is 0.225 e. The summed E-state index contributed by atoms with van der Waals surface area (Å²) in [5.74, 6) is 0.343. The van der Waals surface area contributed by atoms with E-state index in [2.05, 4.69) is 41.8 Å². The molecule has 2 rings (SSSR count). The number of benzene rings is 1. The minimum atomic E-state index is 0.168. The predicted octanol–water partition coefficient (Wildman–Crippen LogP) is 1.47. The number of carbonyl (C=O) groups excluding carboxylic acids is 1. The van der Waals surface area contributed by atoms with Crippen LogP contribution in [0, 0.1) is 5.92 Å². The SMILES string of the molecule is CCCc1ccc(CNC(=O)C2CNC2)cc1. The standard InChI is InChI=1S/C14H20N2O/c1-2-3-11-4-6-12(7-5-11)8-16-14(17)13-9-15-10-13/h4-7,13,15H,2-3,8-10H2,1H3,(H,16,17). The Morgan fingerprint density at radius 3 is 2.47 bits per heavy atom. The van der Waals surface area contributed by atoms with Gasteiger partial charge in [-0.3, -0.25) is 4.79 Å². The first-order valence-electron chi connectivity index (χ1n) is 6.36. The van der Waals surface area contributed by atoms with Crippen LogP contribution in [0.3, 0.4) is 0 Å². The van der Waals surface area contributed by atoms with E-state index in [-0.39, 0.29) is 11.8 Å². The van der Waals surface area contributed by atoms with Crippen molar-refractivity contribution in [2.45, 2.75) is 26.3 Å². The van der Waals surface area contributed by atoms with Crippen LogP contribution >= 0.6 is 0 Å². The molecule has 1 amide bonds. The van der Waals surface area contributed by atoms with Gasteiger partial charge in [0.25, 0.3) is 0 Å². The fourth-order valence-electron chi connectivity index (χ4n) is 1.92. The summed E-state index contributed by atoms with van der Waals surface area (Å²) in [7, 11) is 0. The molecule has 0 spiro atoms. The fraction of sp³-hybridized carbons (Fsp3) is 0.500. The summed E-state index contributed by atoms with van der Waals surface area (Å²) in [6.07, 6.45) is 2.30. The van der Waals surface area contributed by atoms with Crippen LogP contribution in [0.4, 0.5) is 0 Å². The van der Waals surface area contributed by atoms with E-state index in [1.54, 1.807) is 0 Å². The maximum atomic E-state index is 11.6. The highest BCUT2D eigenvalue weighted by Gasteiger charge is 2.24. The lowest BCUT2D eigenvalue weighted by atomic mass is 10.0. The molecule has 0 unspecified atom stereocenters. The second-order valence-electron chi connectivity index (χ2n) is 4.64. The molecule has 1 aliphatic heterocycles. The Morgan fingerprint density at radius 1 is 1.29 bits per heavy atom. The lowest BCUT2D eigenvalue weighted by molar-refractivity contribution is -0.126. The molecule has 2 N–H and O–H groups in total. The van der Waals surface area contributed by atoms with E-state index in [4.69, 9.17) is 0 Å². The van der Waals surface area contributed by atoms with Crippen molar-refractivity contribution in [2.75, 3.05) is 13.1 Å². The van der Waals surface area contributed by atoms with Crippen molar-refractivity contribution >= 4 is 5.91 Å². The van der Waals surface area contributed by atoms with Gasteiger partial charge in [-0.15, -0.1) is 0 Å². The Kier molecular flexibility index (Phi) is 4.15. The van der Waals surface area contributed by atoms with E-state index in [0.717, 1.165) is 19.5 Å². The summed E-state index contributed by atoms with van der Waals surface area (Å²) >= 11 is 0. The summed E-state index contributed by atoms with van der Waals surface area (Å²) < 4.78 is 0. The zero-order valence-electron chi connectivity index (χ0n) is 10.3. The first kappa shape index (κ1) is 12.1. The molecule has 0 atom stereocenters. The molecular weight excluding hydrogens is 212 g/mol. The van der Waals surface area contributed by atoms with Crippen molar-refractivity contribution in [1.29, 1.82) is 0 Å². The molecule has 0 bridgehead atoms. The molecule has 3 heteroatoms. The zero-order valence-corrected chi connectivity index (χ0v) is 10.3. The number of hydrogen-bond acceptors (Lipinski definition) is 2. The number of carbonyl (C=O) groups is 1. The van der Waals surface area contributed by atoms with Gasteiger partial charge in [-0.05, 0) is 17.5 Å². The molecule has 1 aromatic rings. The van der Waals surface area contributed by atoms with Gasteiger partial charge in [-0.2, -0.15) is 0 Å². The van der Waals surface area contributed by atoms with Crippen LogP contribution in [0.15, 0.2) is 24.3 Å². The molecule has 0 radical (unpaired) electrons. The highest BCUT2D eigenvalue weighted by atomic mass is 16.2. The quantitative estimate of drug-likeness (QED) is 0.807. The third-order valence-corrected chi connectivity index (χ3v) is 3.18. The van der Waals surface area contributed by atoms with Crippen LogP contribution in [0.5, 0.6) is 0 Å². The Labute approximate surface area is 103 Å². The second-order valence-corrected chi connectivity index (χ2v) is 4.64. The second kappa shape index (κ2) is 5.82. The van der Waals surface area contributed by atoms with Gasteiger partial charge >= 0.3 is 0 Å². The first-order valence-corrected chi connectivity index (χ1v) is 6.36. The number of hydrogen-bond donors (Lipinski definition) is 2. The maximum absolute atomic E-state index is 11.6. The van der Waals surface area contributed by atoms with Gasteiger partial charge in [0.15, 0.2) is 0 Å². The molecule has 1 fully saturated rings. The fourth-order valence-corrected chi connectivity index (χ4v) is 1.92. The van der Waals surface area contributed by atoms with Gasteiger partial charge in [0.1, 0.15) is 0 Å². The minimum absolute atomic E-state index is 0.168. The molecule has 1 aromatic carbocycles. The third kappa shape index (κ3) is 3.30. The number of nitrogens with one attached hydrogen (secondary N) is 2. The summed E-state index contributed by atoms with van der Waals surface area (Å²) in [6.45, 7) is 4.46. The summed E-state index contributed by atoms with van der Waals surface area (Å²) in [4.78, 5) is 11.6. The molecule has 3 nitrogen and oxygen atoms in total. The molecule has 17 heavy (non-hydrogen) atoms. The van der Waals surface area contributed by atoms with E-state index in [1.807, 2.05) is 0 Å². The van der Waals surface area contributed by atoms with Gasteiger partial charge in [0.05, 0.1) is 5.92 Å². The van der Waals surface area contributed by atoms with E-state index >= 15 is 0 Å². The Bertz CT molecular complexity index is 368. The average molecular weight is 232 g/mol. The molecule has 0 saturated carbocycles. The normalized spacial score (nSPS) is 15.4. The van der Waals surface area contributed by atoms with Crippen LogP contribution in [0.2, 0.25) is 0 Å². The van der Waals surface area contributed by atoms with Crippen LogP contribution < -0.4 is 10.6 Å². The lowest BCUT2D eigenvalue weighted by Crippen LogP contribution is -2.50. The molecule has 1 aliphatic rings. The van der Waals surface area contributed by atoms with Crippen molar-refractivity contribution in [1.82, 2.24) is 10.6 Å². The molecule has 1 heterocycles. The van der Waals surface area contributed by atoms with Crippen LogP contribution in [0.1, 0.15) is 24.5 Å².